The van der Waals surface area contributed by atoms with E-state index < -0.39 is 0 Å². The van der Waals surface area contributed by atoms with Gasteiger partial charge in [-0.1, -0.05) is 26.7 Å². The van der Waals surface area contributed by atoms with Crippen LogP contribution in [0.4, 0.5) is 0 Å². The molecule has 1 unspecified atom stereocenters. The zero-order valence-corrected chi connectivity index (χ0v) is 14.8. The van der Waals surface area contributed by atoms with E-state index in [0.29, 0.717) is 18.4 Å². The fourth-order valence-corrected chi connectivity index (χ4v) is 4.19. The van der Waals surface area contributed by atoms with E-state index in [1.54, 1.807) is 0 Å². The smallest absolute Gasteiger partial charge is 0.236 e. The molecular weight excluding hydrogens is 290 g/mol. The number of carbonyl (C=O) groups excluding carboxylic acids is 1. The monoisotopic (exact) mass is 319 g/mol. The fourth-order valence-electron chi connectivity index (χ4n) is 4.19. The van der Waals surface area contributed by atoms with Crippen molar-refractivity contribution < 1.29 is 4.79 Å². The summed E-state index contributed by atoms with van der Waals surface area (Å²) >= 11 is 0. The highest BCUT2D eigenvalue weighted by molar-refractivity contribution is 5.78. The summed E-state index contributed by atoms with van der Waals surface area (Å²) in [5.74, 6) is 2.72. The molecule has 1 spiro atoms. The Hall–Kier alpha value is -1.43. The van der Waals surface area contributed by atoms with Crippen LogP contribution in [0.1, 0.15) is 63.0 Å². The molecule has 1 aliphatic heterocycles. The Balaban J connectivity index is 1.83. The van der Waals surface area contributed by atoms with Crippen LogP contribution in [-0.4, -0.2) is 64.6 Å². The zero-order valence-electron chi connectivity index (χ0n) is 14.8. The third kappa shape index (κ3) is 3.13. The standard InChI is InChI=1S/C17H29N5O/c1-12(2)15-18-16(20-19-15)13-9-22(14(23)10-21(3)4)11-17(13)7-5-6-8-17/h12-13H,5-11H2,1-4H3,(H,18,19,20). The molecule has 1 aromatic heterocycles. The number of amides is 1. The van der Waals surface area contributed by atoms with Crippen molar-refractivity contribution in [3.63, 3.8) is 0 Å². The first-order valence-electron chi connectivity index (χ1n) is 8.76. The summed E-state index contributed by atoms with van der Waals surface area (Å²) < 4.78 is 0. The lowest BCUT2D eigenvalue weighted by Crippen LogP contribution is -2.37. The van der Waals surface area contributed by atoms with Gasteiger partial charge in [0.1, 0.15) is 5.82 Å². The van der Waals surface area contributed by atoms with Gasteiger partial charge in [0.2, 0.25) is 5.91 Å². The molecule has 1 aromatic rings. The van der Waals surface area contributed by atoms with E-state index in [9.17, 15) is 4.79 Å². The van der Waals surface area contributed by atoms with Crippen LogP contribution in [0.5, 0.6) is 0 Å². The largest absolute Gasteiger partial charge is 0.340 e. The van der Waals surface area contributed by atoms with Gasteiger partial charge < -0.3 is 9.80 Å². The first-order valence-corrected chi connectivity index (χ1v) is 8.76. The van der Waals surface area contributed by atoms with E-state index in [1.165, 1.54) is 25.7 Å². The molecule has 0 aromatic carbocycles. The van der Waals surface area contributed by atoms with Crippen LogP contribution in [0.2, 0.25) is 0 Å². The molecule has 1 saturated heterocycles. The Morgan fingerprint density at radius 3 is 2.65 bits per heavy atom. The van der Waals surface area contributed by atoms with Crippen molar-refractivity contribution in [2.24, 2.45) is 5.41 Å². The van der Waals surface area contributed by atoms with Crippen LogP contribution in [0.25, 0.3) is 0 Å². The van der Waals surface area contributed by atoms with E-state index in [2.05, 4.69) is 24.0 Å². The highest BCUT2D eigenvalue weighted by Crippen LogP contribution is 2.52. The maximum absolute atomic E-state index is 12.5. The molecule has 1 saturated carbocycles. The molecule has 1 amide bonds. The van der Waals surface area contributed by atoms with E-state index >= 15 is 0 Å². The molecule has 1 N–H and O–H groups in total. The van der Waals surface area contributed by atoms with E-state index in [0.717, 1.165) is 24.7 Å². The summed E-state index contributed by atoms with van der Waals surface area (Å²) in [6.07, 6.45) is 4.91. The Labute approximate surface area is 138 Å². The molecule has 1 atom stereocenters. The van der Waals surface area contributed by atoms with Gasteiger partial charge in [0.15, 0.2) is 5.82 Å². The molecular formula is C17H29N5O. The van der Waals surface area contributed by atoms with Gasteiger partial charge in [0, 0.05) is 24.9 Å². The summed E-state index contributed by atoms with van der Waals surface area (Å²) in [5.41, 5.74) is 0.204. The van der Waals surface area contributed by atoms with Crippen molar-refractivity contribution in [1.82, 2.24) is 25.0 Å². The molecule has 23 heavy (non-hydrogen) atoms. The third-order valence-corrected chi connectivity index (χ3v) is 5.42. The minimum Gasteiger partial charge on any atom is -0.340 e. The molecule has 1 aliphatic carbocycles. The number of aromatic amines is 1. The number of likely N-dealkylation sites (N-methyl/N-ethyl adjacent to an activating group) is 1. The second-order valence-electron chi connectivity index (χ2n) is 7.87. The SMILES string of the molecule is CC(C)c1n[nH]c(C2CN(C(=O)CN(C)C)CC23CCCC3)n1. The predicted molar refractivity (Wildman–Crippen MR) is 89.2 cm³/mol. The number of aromatic nitrogens is 3. The number of nitrogens with one attached hydrogen (secondary N) is 1. The van der Waals surface area contributed by atoms with Gasteiger partial charge in [-0.15, -0.1) is 0 Å². The van der Waals surface area contributed by atoms with Gasteiger partial charge in [0.25, 0.3) is 0 Å². The van der Waals surface area contributed by atoms with Crippen molar-refractivity contribution in [3.8, 4) is 0 Å². The fraction of sp³-hybridized carbons (Fsp3) is 0.824. The van der Waals surface area contributed by atoms with Gasteiger partial charge >= 0.3 is 0 Å². The summed E-state index contributed by atoms with van der Waals surface area (Å²) in [7, 11) is 3.89. The lowest BCUT2D eigenvalue weighted by atomic mass is 9.76. The van der Waals surface area contributed by atoms with Gasteiger partial charge in [-0.3, -0.25) is 9.89 Å². The Morgan fingerprint density at radius 2 is 2.09 bits per heavy atom. The second kappa shape index (κ2) is 6.23. The number of nitrogens with zero attached hydrogens (tertiary/aromatic N) is 4. The van der Waals surface area contributed by atoms with Gasteiger partial charge in [0.05, 0.1) is 6.54 Å². The van der Waals surface area contributed by atoms with Gasteiger partial charge in [-0.25, -0.2) is 4.98 Å². The lowest BCUT2D eigenvalue weighted by molar-refractivity contribution is -0.131. The molecule has 0 bridgehead atoms. The van der Waals surface area contributed by atoms with Crippen molar-refractivity contribution in [1.29, 1.82) is 0 Å². The Bertz CT molecular complexity index is 559. The molecule has 3 rings (SSSR count). The minimum absolute atomic E-state index is 0.204. The van der Waals surface area contributed by atoms with Crippen LogP contribution >= 0.6 is 0 Å². The van der Waals surface area contributed by atoms with Crippen LogP contribution < -0.4 is 0 Å². The molecule has 2 heterocycles. The highest BCUT2D eigenvalue weighted by Gasteiger charge is 2.51. The molecule has 0 radical (unpaired) electrons. The van der Waals surface area contributed by atoms with Gasteiger partial charge in [-0.05, 0) is 32.4 Å². The number of hydrogen-bond donors (Lipinski definition) is 1. The maximum atomic E-state index is 12.5. The summed E-state index contributed by atoms with van der Waals surface area (Å²) in [5, 5.41) is 7.56. The van der Waals surface area contributed by atoms with E-state index in [1.807, 2.05) is 23.9 Å². The van der Waals surface area contributed by atoms with E-state index in [-0.39, 0.29) is 11.3 Å². The molecule has 2 fully saturated rings. The van der Waals surface area contributed by atoms with Crippen molar-refractivity contribution in [3.05, 3.63) is 11.6 Å². The average molecular weight is 319 g/mol. The number of hydrogen-bond acceptors (Lipinski definition) is 4. The molecule has 128 valence electrons. The van der Waals surface area contributed by atoms with Crippen molar-refractivity contribution in [2.45, 2.75) is 51.4 Å². The quantitative estimate of drug-likeness (QED) is 0.921. The first-order chi connectivity index (χ1) is 10.9. The minimum atomic E-state index is 0.204. The second-order valence-corrected chi connectivity index (χ2v) is 7.87. The third-order valence-electron chi connectivity index (χ3n) is 5.42. The number of rotatable bonds is 4. The molecule has 6 nitrogen and oxygen atoms in total. The maximum Gasteiger partial charge on any atom is 0.236 e. The van der Waals surface area contributed by atoms with Crippen LogP contribution in [0, 0.1) is 5.41 Å². The lowest BCUT2D eigenvalue weighted by Gasteiger charge is -2.28. The first kappa shape index (κ1) is 16.4. The van der Waals surface area contributed by atoms with Gasteiger partial charge in [-0.2, -0.15) is 5.10 Å². The summed E-state index contributed by atoms with van der Waals surface area (Å²) in [6.45, 7) is 6.36. The Kier molecular flexibility index (Phi) is 4.45. The highest BCUT2D eigenvalue weighted by atomic mass is 16.2. The predicted octanol–water partition coefficient (Wildman–Crippen LogP) is 1.98. The molecule has 2 aliphatic rings. The zero-order chi connectivity index (χ0) is 16.6. The average Bonchev–Trinajstić information content (AvgIpc) is 3.19. The van der Waals surface area contributed by atoms with Crippen molar-refractivity contribution >= 4 is 5.91 Å². The summed E-state index contributed by atoms with van der Waals surface area (Å²) in [4.78, 5) is 21.3. The normalized spacial score (nSPS) is 23.6. The van der Waals surface area contributed by atoms with Crippen molar-refractivity contribution in [2.75, 3.05) is 33.7 Å². The van der Waals surface area contributed by atoms with Crippen LogP contribution in [0.15, 0.2) is 0 Å². The van der Waals surface area contributed by atoms with E-state index in [4.69, 9.17) is 4.98 Å². The number of carbonyl (C=O) groups is 1. The number of likely N-dealkylation sites (tertiary alicyclic amines) is 1. The molecule has 6 heteroatoms. The summed E-state index contributed by atoms with van der Waals surface area (Å²) in [6, 6.07) is 0. The number of H-pyrrole nitrogens is 1. The van der Waals surface area contributed by atoms with Crippen LogP contribution in [-0.2, 0) is 4.79 Å². The Morgan fingerprint density at radius 1 is 1.39 bits per heavy atom. The van der Waals surface area contributed by atoms with Crippen LogP contribution in [0.3, 0.4) is 0 Å². The topological polar surface area (TPSA) is 65.1 Å².